The van der Waals surface area contributed by atoms with Gasteiger partial charge in [0.25, 0.3) is 0 Å². The zero-order valence-electron chi connectivity index (χ0n) is 12.2. The van der Waals surface area contributed by atoms with Crippen LogP contribution in [0.25, 0.3) is 0 Å². The first-order valence-corrected chi connectivity index (χ1v) is 7.57. The molecule has 0 saturated heterocycles. The molecule has 1 aromatic heterocycles. The molecule has 2 rings (SSSR count). The highest BCUT2D eigenvalue weighted by molar-refractivity contribution is 5.46. The number of nitrogens with zero attached hydrogens (tertiary/aromatic N) is 2. The molecule has 0 spiro atoms. The van der Waals surface area contributed by atoms with E-state index in [-0.39, 0.29) is 0 Å². The van der Waals surface area contributed by atoms with Gasteiger partial charge < -0.3 is 10.6 Å². The monoisotopic (exact) mass is 262 g/mol. The fourth-order valence-electron chi connectivity index (χ4n) is 2.59. The molecule has 1 aliphatic carbocycles. The smallest absolute Gasteiger partial charge is 0.131 e. The van der Waals surface area contributed by atoms with Gasteiger partial charge in [-0.1, -0.05) is 26.7 Å². The number of rotatable bonds is 6. The molecule has 0 atom stereocenters. The fraction of sp³-hybridized carbons (Fsp3) is 0.733. The first kappa shape index (κ1) is 14.1. The van der Waals surface area contributed by atoms with Gasteiger partial charge in [0.05, 0.1) is 0 Å². The Kier molecular flexibility index (Phi) is 5.43. The fourth-order valence-corrected chi connectivity index (χ4v) is 2.59. The van der Waals surface area contributed by atoms with E-state index in [0.29, 0.717) is 0 Å². The number of aromatic nitrogens is 2. The average molecular weight is 262 g/mol. The van der Waals surface area contributed by atoms with Crippen molar-refractivity contribution in [3.63, 3.8) is 0 Å². The van der Waals surface area contributed by atoms with E-state index < -0.39 is 0 Å². The van der Waals surface area contributed by atoms with Gasteiger partial charge in [0.15, 0.2) is 0 Å². The molecule has 0 aromatic carbocycles. The van der Waals surface area contributed by atoms with Gasteiger partial charge in [0.1, 0.15) is 18.0 Å². The largest absolute Gasteiger partial charge is 0.370 e. The third kappa shape index (κ3) is 4.69. The van der Waals surface area contributed by atoms with Gasteiger partial charge >= 0.3 is 0 Å². The zero-order chi connectivity index (χ0) is 13.5. The summed E-state index contributed by atoms with van der Waals surface area (Å²) in [5.74, 6) is 3.57. The summed E-state index contributed by atoms with van der Waals surface area (Å²) < 4.78 is 0. The van der Waals surface area contributed by atoms with Gasteiger partial charge in [-0.05, 0) is 31.1 Å². The van der Waals surface area contributed by atoms with Gasteiger partial charge in [0.2, 0.25) is 0 Å². The lowest BCUT2D eigenvalue weighted by Crippen LogP contribution is -2.20. The summed E-state index contributed by atoms with van der Waals surface area (Å²) in [6, 6.07) is 2.00. The molecule has 2 N–H and O–H groups in total. The topological polar surface area (TPSA) is 49.8 Å². The second kappa shape index (κ2) is 7.31. The van der Waals surface area contributed by atoms with Crippen LogP contribution in [0, 0.1) is 11.8 Å². The second-order valence-corrected chi connectivity index (χ2v) is 5.72. The summed E-state index contributed by atoms with van der Waals surface area (Å²) in [4.78, 5) is 8.50. The maximum absolute atomic E-state index is 4.28. The molecule has 0 amide bonds. The highest BCUT2D eigenvalue weighted by atomic mass is 15.1. The number of hydrogen-bond acceptors (Lipinski definition) is 4. The molecule has 1 fully saturated rings. The lowest BCUT2D eigenvalue weighted by Gasteiger charge is -2.26. The van der Waals surface area contributed by atoms with Crippen molar-refractivity contribution in [3.05, 3.63) is 12.4 Å². The van der Waals surface area contributed by atoms with Crippen LogP contribution in [0.4, 0.5) is 11.6 Å². The summed E-state index contributed by atoms with van der Waals surface area (Å²) in [6.07, 6.45) is 8.18. The Labute approximate surface area is 116 Å². The minimum absolute atomic E-state index is 0.804. The van der Waals surface area contributed by atoms with Crippen LogP contribution < -0.4 is 10.6 Å². The van der Waals surface area contributed by atoms with Crippen LogP contribution in [0.1, 0.15) is 46.0 Å². The van der Waals surface area contributed by atoms with E-state index >= 15 is 0 Å². The standard InChI is InChI=1S/C15H26N4/c1-3-8-16-14-9-15(19-11-18-14)17-10-13-6-4-12(2)5-7-13/h9,11-13H,3-8,10H2,1-2H3,(H2,16,17,18,19). The molecule has 0 bridgehead atoms. The van der Waals surface area contributed by atoms with Crippen molar-refractivity contribution in [2.75, 3.05) is 23.7 Å². The van der Waals surface area contributed by atoms with Crippen LogP contribution in [0.5, 0.6) is 0 Å². The lowest BCUT2D eigenvalue weighted by atomic mass is 9.83. The molecule has 0 unspecified atom stereocenters. The molecule has 4 heteroatoms. The van der Waals surface area contributed by atoms with Crippen LogP contribution in [-0.2, 0) is 0 Å². The van der Waals surface area contributed by atoms with Crippen LogP contribution in [-0.4, -0.2) is 23.1 Å². The van der Waals surface area contributed by atoms with Crippen molar-refractivity contribution in [3.8, 4) is 0 Å². The maximum atomic E-state index is 4.28. The Morgan fingerprint density at radius 3 is 2.47 bits per heavy atom. The summed E-state index contributed by atoms with van der Waals surface area (Å²) in [6.45, 7) is 6.51. The minimum atomic E-state index is 0.804. The molecular formula is C15H26N4. The molecule has 1 aliphatic rings. The molecule has 1 saturated carbocycles. The van der Waals surface area contributed by atoms with E-state index in [9.17, 15) is 0 Å². The van der Waals surface area contributed by atoms with Gasteiger partial charge in [0, 0.05) is 19.2 Å². The maximum Gasteiger partial charge on any atom is 0.131 e. The van der Waals surface area contributed by atoms with Crippen molar-refractivity contribution in [1.29, 1.82) is 0 Å². The SMILES string of the molecule is CCCNc1cc(NCC2CCC(C)CC2)ncn1. The number of nitrogens with one attached hydrogen (secondary N) is 2. The molecule has 1 heterocycles. The van der Waals surface area contributed by atoms with E-state index in [1.165, 1.54) is 25.7 Å². The molecule has 0 aliphatic heterocycles. The van der Waals surface area contributed by atoms with Crippen molar-refractivity contribution in [2.45, 2.75) is 46.0 Å². The first-order valence-electron chi connectivity index (χ1n) is 7.57. The Bertz CT molecular complexity index is 372. The van der Waals surface area contributed by atoms with Gasteiger partial charge in [-0.2, -0.15) is 0 Å². The van der Waals surface area contributed by atoms with Crippen molar-refractivity contribution in [1.82, 2.24) is 9.97 Å². The number of anilines is 2. The Morgan fingerprint density at radius 2 is 1.79 bits per heavy atom. The van der Waals surface area contributed by atoms with Crippen molar-refractivity contribution in [2.24, 2.45) is 11.8 Å². The third-order valence-electron chi connectivity index (χ3n) is 3.93. The van der Waals surface area contributed by atoms with E-state index in [1.807, 2.05) is 6.07 Å². The quantitative estimate of drug-likeness (QED) is 0.823. The van der Waals surface area contributed by atoms with E-state index in [0.717, 1.165) is 43.0 Å². The summed E-state index contributed by atoms with van der Waals surface area (Å²) in [7, 11) is 0. The second-order valence-electron chi connectivity index (χ2n) is 5.72. The third-order valence-corrected chi connectivity index (χ3v) is 3.93. The molecule has 1 aromatic rings. The molecular weight excluding hydrogens is 236 g/mol. The highest BCUT2D eigenvalue weighted by Gasteiger charge is 2.17. The van der Waals surface area contributed by atoms with Crippen LogP contribution in [0.3, 0.4) is 0 Å². The van der Waals surface area contributed by atoms with E-state index in [2.05, 4.69) is 34.4 Å². The zero-order valence-corrected chi connectivity index (χ0v) is 12.2. The Balaban J connectivity index is 1.78. The van der Waals surface area contributed by atoms with Crippen molar-refractivity contribution >= 4 is 11.6 Å². The lowest BCUT2D eigenvalue weighted by molar-refractivity contribution is 0.300. The van der Waals surface area contributed by atoms with Gasteiger partial charge in [-0.15, -0.1) is 0 Å². The minimum Gasteiger partial charge on any atom is -0.370 e. The summed E-state index contributed by atoms with van der Waals surface area (Å²) in [5.41, 5.74) is 0. The predicted molar refractivity (Wildman–Crippen MR) is 80.4 cm³/mol. The molecule has 4 nitrogen and oxygen atoms in total. The van der Waals surface area contributed by atoms with Gasteiger partial charge in [-0.3, -0.25) is 0 Å². The normalized spacial score (nSPS) is 23.1. The highest BCUT2D eigenvalue weighted by Crippen LogP contribution is 2.28. The molecule has 106 valence electrons. The van der Waals surface area contributed by atoms with Crippen LogP contribution >= 0.6 is 0 Å². The predicted octanol–water partition coefficient (Wildman–Crippen LogP) is 3.54. The number of hydrogen-bond donors (Lipinski definition) is 2. The van der Waals surface area contributed by atoms with Crippen LogP contribution in [0.15, 0.2) is 12.4 Å². The molecule has 19 heavy (non-hydrogen) atoms. The van der Waals surface area contributed by atoms with Crippen LogP contribution in [0.2, 0.25) is 0 Å². The Hall–Kier alpha value is -1.32. The van der Waals surface area contributed by atoms with Crippen molar-refractivity contribution < 1.29 is 0 Å². The first-order chi connectivity index (χ1) is 9.28. The average Bonchev–Trinajstić information content (AvgIpc) is 2.45. The summed E-state index contributed by atoms with van der Waals surface area (Å²) >= 11 is 0. The molecule has 0 radical (unpaired) electrons. The Morgan fingerprint density at radius 1 is 1.11 bits per heavy atom. The summed E-state index contributed by atoms with van der Waals surface area (Å²) in [5, 5.41) is 6.74. The van der Waals surface area contributed by atoms with Gasteiger partial charge in [-0.25, -0.2) is 9.97 Å². The van der Waals surface area contributed by atoms with E-state index in [1.54, 1.807) is 6.33 Å². The van der Waals surface area contributed by atoms with E-state index in [4.69, 9.17) is 0 Å².